The zero-order chi connectivity index (χ0) is 13.7. The van der Waals surface area contributed by atoms with Crippen LogP contribution in [0.25, 0.3) is 0 Å². The summed E-state index contributed by atoms with van der Waals surface area (Å²) in [5.74, 6) is 0. The monoisotopic (exact) mass is 290 g/mol. The SMILES string of the molecule is CC(O)CC(C)NC(CN)c1ccc(Cl)cc1Cl. The van der Waals surface area contributed by atoms with Gasteiger partial charge >= 0.3 is 0 Å². The van der Waals surface area contributed by atoms with E-state index in [1.165, 1.54) is 0 Å². The van der Waals surface area contributed by atoms with E-state index < -0.39 is 0 Å². The molecular weight excluding hydrogens is 271 g/mol. The van der Waals surface area contributed by atoms with E-state index in [0.29, 0.717) is 23.0 Å². The minimum atomic E-state index is -0.341. The van der Waals surface area contributed by atoms with E-state index in [1.807, 2.05) is 13.0 Å². The molecule has 0 aliphatic rings. The van der Waals surface area contributed by atoms with Crippen molar-refractivity contribution in [3.8, 4) is 0 Å². The molecular formula is C13H20Cl2N2O. The molecule has 3 unspecified atom stereocenters. The molecule has 3 nitrogen and oxygen atoms in total. The van der Waals surface area contributed by atoms with Crippen molar-refractivity contribution in [3.05, 3.63) is 33.8 Å². The molecule has 0 spiro atoms. The van der Waals surface area contributed by atoms with Crippen molar-refractivity contribution >= 4 is 23.2 Å². The zero-order valence-corrected chi connectivity index (χ0v) is 12.2. The molecule has 0 aliphatic heterocycles. The smallest absolute Gasteiger partial charge is 0.0526 e. The Labute approximate surface area is 118 Å². The van der Waals surface area contributed by atoms with Crippen LogP contribution in [0.4, 0.5) is 0 Å². The third-order valence-corrected chi connectivity index (χ3v) is 3.32. The first-order valence-corrected chi connectivity index (χ1v) is 6.78. The van der Waals surface area contributed by atoms with Gasteiger partial charge < -0.3 is 16.2 Å². The summed E-state index contributed by atoms with van der Waals surface area (Å²) in [6, 6.07) is 5.51. The molecule has 1 rings (SSSR count). The number of halogens is 2. The Bertz CT molecular complexity index is 385. The normalized spacial score (nSPS) is 16.3. The summed E-state index contributed by atoms with van der Waals surface area (Å²) in [6.07, 6.45) is 0.327. The highest BCUT2D eigenvalue weighted by atomic mass is 35.5. The van der Waals surface area contributed by atoms with Gasteiger partial charge in [-0.2, -0.15) is 0 Å². The van der Waals surface area contributed by atoms with E-state index in [2.05, 4.69) is 5.32 Å². The molecule has 0 fully saturated rings. The third-order valence-electron chi connectivity index (χ3n) is 2.75. The Hall–Kier alpha value is -0.320. The number of rotatable bonds is 6. The van der Waals surface area contributed by atoms with E-state index in [9.17, 15) is 5.11 Å². The summed E-state index contributed by atoms with van der Waals surface area (Å²) in [7, 11) is 0. The number of hydrogen-bond donors (Lipinski definition) is 3. The summed E-state index contributed by atoms with van der Waals surface area (Å²) in [5.41, 5.74) is 6.71. The lowest BCUT2D eigenvalue weighted by molar-refractivity contribution is 0.168. The number of hydrogen-bond acceptors (Lipinski definition) is 3. The maximum Gasteiger partial charge on any atom is 0.0526 e. The number of aliphatic hydroxyl groups excluding tert-OH is 1. The van der Waals surface area contributed by atoms with Crippen LogP contribution in [-0.2, 0) is 0 Å². The van der Waals surface area contributed by atoms with Crippen LogP contribution >= 0.6 is 23.2 Å². The van der Waals surface area contributed by atoms with Crippen molar-refractivity contribution in [1.29, 1.82) is 0 Å². The maximum absolute atomic E-state index is 9.36. The van der Waals surface area contributed by atoms with Crippen molar-refractivity contribution in [2.24, 2.45) is 5.73 Å². The van der Waals surface area contributed by atoms with E-state index in [4.69, 9.17) is 28.9 Å². The van der Waals surface area contributed by atoms with Gasteiger partial charge in [0.25, 0.3) is 0 Å². The molecule has 0 radical (unpaired) electrons. The van der Waals surface area contributed by atoms with Gasteiger partial charge in [-0.05, 0) is 38.0 Å². The Morgan fingerprint density at radius 3 is 2.50 bits per heavy atom. The van der Waals surface area contributed by atoms with Crippen molar-refractivity contribution in [2.75, 3.05) is 6.54 Å². The Kier molecular flexibility index (Phi) is 6.39. The van der Waals surface area contributed by atoms with Crippen LogP contribution in [-0.4, -0.2) is 23.8 Å². The topological polar surface area (TPSA) is 58.3 Å². The third kappa shape index (κ3) is 4.75. The van der Waals surface area contributed by atoms with E-state index in [1.54, 1.807) is 19.1 Å². The van der Waals surface area contributed by atoms with Crippen molar-refractivity contribution < 1.29 is 5.11 Å². The molecule has 4 N–H and O–H groups in total. The molecule has 1 aromatic carbocycles. The number of aliphatic hydroxyl groups is 1. The molecule has 0 saturated heterocycles. The predicted octanol–water partition coefficient (Wildman–Crippen LogP) is 2.74. The summed E-state index contributed by atoms with van der Waals surface area (Å²) in [5, 5.41) is 13.9. The summed E-state index contributed by atoms with van der Waals surface area (Å²) in [6.45, 7) is 4.22. The van der Waals surface area contributed by atoms with Gasteiger partial charge in [0.2, 0.25) is 0 Å². The Balaban J connectivity index is 2.76. The molecule has 0 heterocycles. The van der Waals surface area contributed by atoms with Gasteiger partial charge in [-0.1, -0.05) is 29.3 Å². The first-order chi connectivity index (χ1) is 8.43. The fraction of sp³-hybridized carbons (Fsp3) is 0.538. The highest BCUT2D eigenvalue weighted by Gasteiger charge is 2.16. The average molecular weight is 291 g/mol. The van der Waals surface area contributed by atoms with Gasteiger partial charge in [0.1, 0.15) is 0 Å². The zero-order valence-electron chi connectivity index (χ0n) is 10.7. The van der Waals surface area contributed by atoms with Crippen LogP contribution in [0.15, 0.2) is 18.2 Å². The molecule has 0 amide bonds. The van der Waals surface area contributed by atoms with Gasteiger partial charge in [0, 0.05) is 28.7 Å². The number of nitrogens with two attached hydrogens (primary N) is 1. The van der Waals surface area contributed by atoms with Crippen molar-refractivity contribution in [2.45, 2.75) is 38.5 Å². The minimum absolute atomic E-state index is 0.0384. The fourth-order valence-corrected chi connectivity index (χ4v) is 2.53. The second kappa shape index (κ2) is 7.31. The molecule has 0 bridgehead atoms. The lowest BCUT2D eigenvalue weighted by Gasteiger charge is -2.24. The number of nitrogens with one attached hydrogen (secondary N) is 1. The Morgan fingerprint density at radius 1 is 1.33 bits per heavy atom. The van der Waals surface area contributed by atoms with Crippen LogP contribution in [0, 0.1) is 0 Å². The van der Waals surface area contributed by atoms with Gasteiger partial charge in [-0.15, -0.1) is 0 Å². The fourth-order valence-electron chi connectivity index (χ4n) is 1.99. The number of benzene rings is 1. The molecule has 18 heavy (non-hydrogen) atoms. The molecule has 0 aromatic heterocycles. The van der Waals surface area contributed by atoms with Crippen LogP contribution in [0.3, 0.4) is 0 Å². The standard InChI is InChI=1S/C13H20Cl2N2O/c1-8(5-9(2)18)17-13(7-16)11-4-3-10(14)6-12(11)15/h3-4,6,8-9,13,17-18H,5,7,16H2,1-2H3. The van der Waals surface area contributed by atoms with E-state index >= 15 is 0 Å². The maximum atomic E-state index is 9.36. The summed E-state index contributed by atoms with van der Waals surface area (Å²) < 4.78 is 0. The second-order valence-electron chi connectivity index (χ2n) is 4.61. The first-order valence-electron chi connectivity index (χ1n) is 6.03. The van der Waals surface area contributed by atoms with Crippen LogP contribution in [0.1, 0.15) is 31.9 Å². The quantitative estimate of drug-likeness (QED) is 0.755. The molecule has 0 aliphatic carbocycles. The van der Waals surface area contributed by atoms with Gasteiger partial charge in [-0.3, -0.25) is 0 Å². The second-order valence-corrected chi connectivity index (χ2v) is 5.45. The van der Waals surface area contributed by atoms with Crippen LogP contribution < -0.4 is 11.1 Å². The molecule has 3 atom stereocenters. The summed E-state index contributed by atoms with van der Waals surface area (Å²) in [4.78, 5) is 0. The van der Waals surface area contributed by atoms with Crippen LogP contribution in [0.2, 0.25) is 10.0 Å². The average Bonchev–Trinajstić information content (AvgIpc) is 2.25. The van der Waals surface area contributed by atoms with E-state index in [0.717, 1.165) is 5.56 Å². The van der Waals surface area contributed by atoms with Gasteiger partial charge in [0.15, 0.2) is 0 Å². The van der Waals surface area contributed by atoms with Gasteiger partial charge in [-0.25, -0.2) is 0 Å². The largest absolute Gasteiger partial charge is 0.393 e. The highest BCUT2D eigenvalue weighted by Crippen LogP contribution is 2.26. The molecule has 0 saturated carbocycles. The van der Waals surface area contributed by atoms with Crippen molar-refractivity contribution in [3.63, 3.8) is 0 Å². The lowest BCUT2D eigenvalue weighted by atomic mass is 10.0. The molecule has 5 heteroatoms. The summed E-state index contributed by atoms with van der Waals surface area (Å²) >= 11 is 12.0. The van der Waals surface area contributed by atoms with Gasteiger partial charge in [0.05, 0.1) is 6.10 Å². The Morgan fingerprint density at radius 2 is 2.00 bits per heavy atom. The molecule has 102 valence electrons. The van der Waals surface area contributed by atoms with Crippen LogP contribution in [0.5, 0.6) is 0 Å². The predicted molar refractivity (Wildman–Crippen MR) is 77.2 cm³/mol. The van der Waals surface area contributed by atoms with E-state index in [-0.39, 0.29) is 18.2 Å². The van der Waals surface area contributed by atoms with Crippen molar-refractivity contribution in [1.82, 2.24) is 5.32 Å². The lowest BCUT2D eigenvalue weighted by Crippen LogP contribution is -2.36. The first kappa shape index (κ1) is 15.7. The minimum Gasteiger partial charge on any atom is -0.393 e. The highest BCUT2D eigenvalue weighted by molar-refractivity contribution is 6.35. The molecule has 1 aromatic rings.